The SMILES string of the molecule is CN(Cc1ccccc1)C(=O)Cn1c(CCCCCNC(=O)C2CCCO2)nc2ccccc21. The zero-order valence-electron chi connectivity index (χ0n) is 19.9. The minimum atomic E-state index is -0.266. The van der Waals surface area contributed by atoms with E-state index in [1.165, 1.54) is 0 Å². The second kappa shape index (κ2) is 11.8. The zero-order chi connectivity index (χ0) is 23.8. The van der Waals surface area contributed by atoms with Gasteiger partial charge in [0, 0.05) is 33.2 Å². The molecule has 1 atom stereocenters. The van der Waals surface area contributed by atoms with Gasteiger partial charge in [-0.3, -0.25) is 9.59 Å². The molecule has 0 spiro atoms. The molecule has 7 nitrogen and oxygen atoms in total. The van der Waals surface area contributed by atoms with Gasteiger partial charge in [0.2, 0.25) is 11.8 Å². The van der Waals surface area contributed by atoms with Gasteiger partial charge in [-0.25, -0.2) is 4.98 Å². The Labute approximate surface area is 201 Å². The highest BCUT2D eigenvalue weighted by Crippen LogP contribution is 2.19. The molecule has 1 fully saturated rings. The van der Waals surface area contributed by atoms with Crippen molar-refractivity contribution >= 4 is 22.8 Å². The lowest BCUT2D eigenvalue weighted by Crippen LogP contribution is -2.34. The van der Waals surface area contributed by atoms with E-state index in [4.69, 9.17) is 9.72 Å². The van der Waals surface area contributed by atoms with E-state index in [-0.39, 0.29) is 24.5 Å². The standard InChI is InChI=1S/C27H34N4O3/c1-30(19-21-11-4-2-5-12-21)26(32)20-31-23-14-8-7-13-22(23)29-25(31)16-6-3-9-17-28-27(33)24-15-10-18-34-24/h2,4-5,7-8,11-14,24H,3,6,9-10,15-20H2,1H3,(H,28,33). The number of amides is 2. The number of hydrogen-bond acceptors (Lipinski definition) is 4. The molecular formula is C27H34N4O3. The Kier molecular flexibility index (Phi) is 8.31. The fourth-order valence-electron chi connectivity index (χ4n) is 4.39. The zero-order valence-corrected chi connectivity index (χ0v) is 19.9. The largest absolute Gasteiger partial charge is 0.368 e. The number of likely N-dealkylation sites (N-methyl/N-ethyl adjacent to an activating group) is 1. The van der Waals surface area contributed by atoms with Crippen molar-refractivity contribution in [3.05, 3.63) is 66.0 Å². The van der Waals surface area contributed by atoms with Crippen molar-refractivity contribution in [1.29, 1.82) is 0 Å². The van der Waals surface area contributed by atoms with Crippen LogP contribution < -0.4 is 5.32 Å². The van der Waals surface area contributed by atoms with Crippen LogP contribution in [0.15, 0.2) is 54.6 Å². The van der Waals surface area contributed by atoms with Crippen molar-refractivity contribution < 1.29 is 14.3 Å². The van der Waals surface area contributed by atoms with Crippen LogP contribution in [0, 0.1) is 0 Å². The van der Waals surface area contributed by atoms with Gasteiger partial charge in [-0.15, -0.1) is 0 Å². The fourth-order valence-corrected chi connectivity index (χ4v) is 4.39. The van der Waals surface area contributed by atoms with Crippen molar-refractivity contribution in [1.82, 2.24) is 19.8 Å². The summed E-state index contributed by atoms with van der Waals surface area (Å²) in [5, 5.41) is 2.98. The number of para-hydroxylation sites is 2. The Bertz CT molecular complexity index is 1090. The predicted octanol–water partition coefficient (Wildman–Crippen LogP) is 3.70. The number of hydrogen-bond donors (Lipinski definition) is 1. The Morgan fingerprint density at radius 3 is 2.68 bits per heavy atom. The summed E-state index contributed by atoms with van der Waals surface area (Å²) in [6.07, 6.45) is 5.16. The van der Waals surface area contributed by atoms with E-state index in [1.807, 2.05) is 61.6 Å². The van der Waals surface area contributed by atoms with Crippen LogP contribution in [0.5, 0.6) is 0 Å². The Hall–Kier alpha value is -3.19. The highest BCUT2D eigenvalue weighted by molar-refractivity contribution is 5.81. The van der Waals surface area contributed by atoms with Crippen molar-refractivity contribution in [3.63, 3.8) is 0 Å². The molecule has 1 N–H and O–H groups in total. The van der Waals surface area contributed by atoms with E-state index in [1.54, 1.807) is 4.90 Å². The summed E-state index contributed by atoms with van der Waals surface area (Å²) in [7, 11) is 1.85. The van der Waals surface area contributed by atoms with Crippen molar-refractivity contribution in [2.24, 2.45) is 0 Å². The number of rotatable bonds is 11. The van der Waals surface area contributed by atoms with Crippen LogP contribution in [0.2, 0.25) is 0 Å². The van der Waals surface area contributed by atoms with E-state index < -0.39 is 0 Å². The maximum absolute atomic E-state index is 13.0. The molecule has 2 aromatic carbocycles. The number of aromatic nitrogens is 2. The fraction of sp³-hybridized carbons (Fsp3) is 0.444. The molecule has 0 saturated carbocycles. The number of unbranched alkanes of at least 4 members (excludes halogenated alkanes) is 2. The molecule has 2 amide bonds. The molecule has 3 aromatic rings. The molecule has 2 heterocycles. The summed E-state index contributed by atoms with van der Waals surface area (Å²) in [6, 6.07) is 18.0. The van der Waals surface area contributed by atoms with Gasteiger partial charge in [0.05, 0.1) is 11.0 Å². The van der Waals surface area contributed by atoms with Gasteiger partial charge in [-0.05, 0) is 43.4 Å². The number of fused-ring (bicyclic) bond motifs is 1. The molecule has 1 aromatic heterocycles. The summed E-state index contributed by atoms with van der Waals surface area (Å²) in [6.45, 7) is 2.21. The van der Waals surface area contributed by atoms with E-state index in [0.717, 1.165) is 60.9 Å². The summed E-state index contributed by atoms with van der Waals surface area (Å²) < 4.78 is 7.47. The van der Waals surface area contributed by atoms with Crippen LogP contribution in [0.25, 0.3) is 11.0 Å². The first-order chi connectivity index (χ1) is 16.6. The average molecular weight is 463 g/mol. The van der Waals surface area contributed by atoms with E-state index in [9.17, 15) is 9.59 Å². The summed E-state index contributed by atoms with van der Waals surface area (Å²) in [5.41, 5.74) is 3.02. The maximum atomic E-state index is 13.0. The van der Waals surface area contributed by atoms with Gasteiger partial charge in [0.25, 0.3) is 0 Å². The number of ether oxygens (including phenoxy) is 1. The lowest BCUT2D eigenvalue weighted by Gasteiger charge is -2.19. The molecule has 1 saturated heterocycles. The van der Waals surface area contributed by atoms with Crippen LogP contribution in [0.3, 0.4) is 0 Å². The minimum Gasteiger partial charge on any atom is -0.368 e. The topological polar surface area (TPSA) is 76.5 Å². The lowest BCUT2D eigenvalue weighted by molar-refractivity contribution is -0.131. The molecule has 0 bridgehead atoms. The third kappa shape index (κ3) is 6.23. The Morgan fingerprint density at radius 2 is 1.88 bits per heavy atom. The first-order valence-corrected chi connectivity index (χ1v) is 12.2. The molecule has 1 unspecified atom stereocenters. The molecule has 1 aliphatic heterocycles. The maximum Gasteiger partial charge on any atom is 0.249 e. The van der Waals surface area contributed by atoms with Gasteiger partial charge in [0.15, 0.2) is 0 Å². The monoisotopic (exact) mass is 462 g/mol. The number of carbonyl (C=O) groups is 2. The van der Waals surface area contributed by atoms with Crippen LogP contribution in [-0.2, 0) is 33.8 Å². The van der Waals surface area contributed by atoms with Crippen LogP contribution in [-0.4, -0.2) is 52.6 Å². The summed E-state index contributed by atoms with van der Waals surface area (Å²) in [4.78, 5) is 31.6. The lowest BCUT2D eigenvalue weighted by atomic mass is 10.1. The second-order valence-corrected chi connectivity index (χ2v) is 8.94. The van der Waals surface area contributed by atoms with Crippen molar-refractivity contribution in [3.8, 4) is 0 Å². The number of aryl methyl sites for hydroxylation is 1. The van der Waals surface area contributed by atoms with Gasteiger partial charge >= 0.3 is 0 Å². The second-order valence-electron chi connectivity index (χ2n) is 8.94. The number of imidazole rings is 1. The van der Waals surface area contributed by atoms with E-state index in [0.29, 0.717) is 19.7 Å². The van der Waals surface area contributed by atoms with Gasteiger partial charge in [-0.2, -0.15) is 0 Å². The van der Waals surface area contributed by atoms with Crippen molar-refractivity contribution in [2.75, 3.05) is 20.2 Å². The smallest absolute Gasteiger partial charge is 0.249 e. The molecule has 1 aliphatic rings. The van der Waals surface area contributed by atoms with E-state index >= 15 is 0 Å². The molecule has 34 heavy (non-hydrogen) atoms. The third-order valence-electron chi connectivity index (χ3n) is 6.31. The summed E-state index contributed by atoms with van der Waals surface area (Å²) >= 11 is 0. The highest BCUT2D eigenvalue weighted by atomic mass is 16.5. The predicted molar refractivity (Wildman–Crippen MR) is 132 cm³/mol. The molecule has 0 radical (unpaired) electrons. The van der Waals surface area contributed by atoms with Crippen LogP contribution in [0.1, 0.15) is 43.5 Å². The number of nitrogens with zero attached hydrogens (tertiary/aromatic N) is 3. The van der Waals surface area contributed by atoms with Crippen LogP contribution >= 0.6 is 0 Å². The van der Waals surface area contributed by atoms with Gasteiger partial charge in [0.1, 0.15) is 18.5 Å². The number of carbonyl (C=O) groups excluding carboxylic acids is 2. The van der Waals surface area contributed by atoms with Crippen molar-refractivity contribution in [2.45, 2.75) is 57.7 Å². The molecule has 4 rings (SSSR count). The quantitative estimate of drug-likeness (QED) is 0.441. The highest BCUT2D eigenvalue weighted by Gasteiger charge is 2.22. The first-order valence-electron chi connectivity index (χ1n) is 12.2. The first kappa shape index (κ1) is 24.0. The Morgan fingerprint density at radius 1 is 1.09 bits per heavy atom. The molecule has 0 aliphatic carbocycles. The van der Waals surface area contributed by atoms with E-state index in [2.05, 4.69) is 9.88 Å². The van der Waals surface area contributed by atoms with Gasteiger partial charge < -0.3 is 19.5 Å². The molecular weight excluding hydrogens is 428 g/mol. The van der Waals surface area contributed by atoms with Gasteiger partial charge in [-0.1, -0.05) is 48.9 Å². The third-order valence-corrected chi connectivity index (χ3v) is 6.31. The Balaban J connectivity index is 1.30. The average Bonchev–Trinajstić information content (AvgIpc) is 3.51. The van der Waals surface area contributed by atoms with Crippen LogP contribution in [0.4, 0.5) is 0 Å². The number of nitrogens with one attached hydrogen (secondary N) is 1. The molecule has 180 valence electrons. The summed E-state index contributed by atoms with van der Waals surface area (Å²) in [5.74, 6) is 1.01. The number of benzene rings is 2. The normalized spacial score (nSPS) is 15.5. The minimum absolute atomic E-state index is 0.0115. The molecule has 7 heteroatoms.